The van der Waals surface area contributed by atoms with E-state index in [2.05, 4.69) is 5.32 Å². The van der Waals surface area contributed by atoms with Crippen LogP contribution in [0.1, 0.15) is 31.3 Å². The lowest BCUT2D eigenvalue weighted by molar-refractivity contribution is 0.0664. The van der Waals surface area contributed by atoms with Crippen LogP contribution in [0.3, 0.4) is 0 Å². The van der Waals surface area contributed by atoms with Crippen LogP contribution in [0.25, 0.3) is 0 Å². The maximum Gasteiger partial charge on any atom is 0.291 e. The number of nitrogens with one attached hydrogen (secondary N) is 1. The number of hydrogen-bond donors (Lipinski definition) is 1. The second-order valence-corrected chi connectivity index (χ2v) is 7.28. The van der Waals surface area contributed by atoms with Gasteiger partial charge in [0, 0.05) is 22.9 Å². The molecule has 28 heavy (non-hydrogen) atoms. The van der Waals surface area contributed by atoms with Gasteiger partial charge in [-0.3, -0.25) is 19.3 Å². The summed E-state index contributed by atoms with van der Waals surface area (Å²) in [5.74, 6) is -0.0238. The van der Waals surface area contributed by atoms with Crippen LogP contribution >= 0.6 is 11.8 Å². The molecule has 3 amide bonds. The molecule has 0 atom stereocenters. The fourth-order valence-electron chi connectivity index (χ4n) is 2.96. The minimum absolute atomic E-state index is 0.240. The lowest BCUT2D eigenvalue weighted by Gasteiger charge is -2.13. The molecule has 1 aromatic heterocycles. The second-order valence-electron chi connectivity index (χ2n) is 6.12. The van der Waals surface area contributed by atoms with Gasteiger partial charge >= 0.3 is 0 Å². The van der Waals surface area contributed by atoms with E-state index in [4.69, 9.17) is 4.42 Å². The van der Waals surface area contributed by atoms with E-state index in [-0.39, 0.29) is 23.5 Å². The SMILES string of the molecule is O=C(Nc1cccc(SCCN2C(=O)c3ccccc3C2=O)c1)c1ccco1. The number of fused-ring (bicyclic) bond motifs is 1. The fourth-order valence-corrected chi connectivity index (χ4v) is 3.86. The zero-order chi connectivity index (χ0) is 19.5. The van der Waals surface area contributed by atoms with E-state index in [9.17, 15) is 14.4 Å². The average molecular weight is 392 g/mol. The number of furan rings is 1. The summed E-state index contributed by atoms with van der Waals surface area (Å²) in [6, 6.07) is 17.5. The van der Waals surface area contributed by atoms with Gasteiger partial charge in [0.2, 0.25) is 0 Å². The van der Waals surface area contributed by atoms with Crippen molar-refractivity contribution < 1.29 is 18.8 Å². The van der Waals surface area contributed by atoms with Gasteiger partial charge in [0.05, 0.1) is 17.4 Å². The first-order chi connectivity index (χ1) is 13.6. The van der Waals surface area contributed by atoms with Gasteiger partial charge in [0.25, 0.3) is 17.7 Å². The number of benzene rings is 2. The molecule has 140 valence electrons. The fraction of sp³-hybridized carbons (Fsp3) is 0.0952. The van der Waals surface area contributed by atoms with E-state index in [1.807, 2.05) is 18.2 Å². The molecule has 7 heteroatoms. The number of rotatable bonds is 6. The number of thioether (sulfide) groups is 1. The van der Waals surface area contributed by atoms with Crippen LogP contribution in [0.15, 0.2) is 76.2 Å². The molecule has 2 heterocycles. The number of carbonyl (C=O) groups excluding carboxylic acids is 3. The van der Waals surface area contributed by atoms with Gasteiger partial charge in [-0.15, -0.1) is 11.8 Å². The summed E-state index contributed by atoms with van der Waals surface area (Å²) in [4.78, 5) is 39.0. The van der Waals surface area contributed by atoms with Gasteiger partial charge in [-0.05, 0) is 42.5 Å². The maximum atomic E-state index is 12.4. The van der Waals surface area contributed by atoms with Crippen molar-refractivity contribution in [3.8, 4) is 0 Å². The molecule has 0 unspecified atom stereocenters. The van der Waals surface area contributed by atoms with Crippen molar-refractivity contribution in [3.05, 3.63) is 83.8 Å². The molecule has 4 rings (SSSR count). The standard InChI is InChI=1S/C21H16N2O4S/c24-19(18-9-4-11-27-18)22-14-5-3-6-15(13-14)28-12-10-23-20(25)16-7-1-2-8-17(16)21(23)26/h1-9,11,13H,10,12H2,(H,22,24). The Morgan fingerprint density at radius 1 is 0.964 bits per heavy atom. The Bertz CT molecular complexity index is 1010. The average Bonchev–Trinajstić information content (AvgIpc) is 3.32. The molecule has 0 fully saturated rings. The first-order valence-electron chi connectivity index (χ1n) is 8.66. The minimum atomic E-state index is -0.321. The molecule has 1 aliphatic heterocycles. The summed E-state index contributed by atoms with van der Waals surface area (Å²) >= 11 is 1.51. The van der Waals surface area contributed by atoms with E-state index in [0.717, 1.165) is 4.90 Å². The minimum Gasteiger partial charge on any atom is -0.459 e. The van der Waals surface area contributed by atoms with Crippen molar-refractivity contribution in [1.29, 1.82) is 0 Å². The molecule has 6 nitrogen and oxygen atoms in total. The molecule has 0 aliphatic carbocycles. The van der Waals surface area contributed by atoms with Gasteiger partial charge < -0.3 is 9.73 Å². The Kier molecular flexibility index (Phi) is 4.99. The topological polar surface area (TPSA) is 79.6 Å². The van der Waals surface area contributed by atoms with E-state index in [0.29, 0.717) is 29.1 Å². The summed E-state index contributed by atoms with van der Waals surface area (Å²) in [6.07, 6.45) is 1.44. The number of anilines is 1. The third kappa shape index (κ3) is 3.57. The van der Waals surface area contributed by atoms with Crippen molar-refractivity contribution in [2.24, 2.45) is 0 Å². The van der Waals surface area contributed by atoms with Crippen LogP contribution in [0.4, 0.5) is 5.69 Å². The Morgan fingerprint density at radius 3 is 2.39 bits per heavy atom. The van der Waals surface area contributed by atoms with Crippen molar-refractivity contribution in [1.82, 2.24) is 4.90 Å². The van der Waals surface area contributed by atoms with E-state index in [1.54, 1.807) is 42.5 Å². The van der Waals surface area contributed by atoms with Gasteiger partial charge in [0.15, 0.2) is 5.76 Å². The summed E-state index contributed by atoms with van der Waals surface area (Å²) in [5, 5.41) is 2.78. The quantitative estimate of drug-likeness (QED) is 0.508. The lowest BCUT2D eigenvalue weighted by Crippen LogP contribution is -2.31. The highest BCUT2D eigenvalue weighted by Crippen LogP contribution is 2.25. The largest absolute Gasteiger partial charge is 0.459 e. The Morgan fingerprint density at radius 2 is 1.71 bits per heavy atom. The number of amides is 3. The molecular formula is C21H16N2O4S. The molecule has 0 saturated heterocycles. The zero-order valence-corrected chi connectivity index (χ0v) is 15.6. The van der Waals surface area contributed by atoms with Crippen molar-refractivity contribution in [3.63, 3.8) is 0 Å². The van der Waals surface area contributed by atoms with E-state index in [1.165, 1.54) is 22.9 Å². The predicted octanol–water partition coefficient (Wildman–Crippen LogP) is 3.92. The van der Waals surface area contributed by atoms with Crippen molar-refractivity contribution in [2.75, 3.05) is 17.6 Å². The van der Waals surface area contributed by atoms with E-state index >= 15 is 0 Å². The van der Waals surface area contributed by atoms with Crippen LogP contribution < -0.4 is 5.32 Å². The molecule has 1 N–H and O–H groups in total. The normalized spacial score (nSPS) is 12.9. The Labute approximate surface area is 165 Å². The third-order valence-corrected chi connectivity index (χ3v) is 5.27. The summed E-state index contributed by atoms with van der Waals surface area (Å²) in [7, 11) is 0. The van der Waals surface area contributed by atoms with Gasteiger partial charge in [0.1, 0.15) is 0 Å². The van der Waals surface area contributed by atoms with Crippen molar-refractivity contribution in [2.45, 2.75) is 4.90 Å². The van der Waals surface area contributed by atoms with Gasteiger partial charge in [-0.25, -0.2) is 0 Å². The number of imide groups is 1. The molecule has 1 aliphatic rings. The maximum absolute atomic E-state index is 12.4. The number of nitrogens with zero attached hydrogens (tertiary/aromatic N) is 1. The molecule has 3 aromatic rings. The van der Waals surface area contributed by atoms with Gasteiger partial charge in [-0.1, -0.05) is 18.2 Å². The Balaban J connectivity index is 1.35. The van der Waals surface area contributed by atoms with Crippen molar-refractivity contribution >= 4 is 35.2 Å². The summed E-state index contributed by atoms with van der Waals surface area (Å²) in [5.41, 5.74) is 1.56. The van der Waals surface area contributed by atoms with Crippen LogP contribution in [-0.2, 0) is 0 Å². The predicted molar refractivity (Wildman–Crippen MR) is 106 cm³/mol. The molecule has 0 radical (unpaired) electrons. The highest BCUT2D eigenvalue weighted by atomic mass is 32.2. The molecule has 0 bridgehead atoms. The summed E-state index contributed by atoms with van der Waals surface area (Å²) in [6.45, 7) is 0.319. The summed E-state index contributed by atoms with van der Waals surface area (Å²) < 4.78 is 5.08. The Hall–Kier alpha value is -3.32. The van der Waals surface area contributed by atoms with Crippen LogP contribution in [0.5, 0.6) is 0 Å². The monoisotopic (exact) mass is 392 g/mol. The first kappa shape index (κ1) is 18.1. The first-order valence-corrected chi connectivity index (χ1v) is 9.65. The molecule has 0 saturated carbocycles. The second kappa shape index (κ2) is 7.74. The molecular weight excluding hydrogens is 376 g/mol. The highest BCUT2D eigenvalue weighted by molar-refractivity contribution is 7.99. The number of hydrogen-bond acceptors (Lipinski definition) is 5. The smallest absolute Gasteiger partial charge is 0.291 e. The lowest BCUT2D eigenvalue weighted by atomic mass is 10.1. The zero-order valence-electron chi connectivity index (χ0n) is 14.8. The highest BCUT2D eigenvalue weighted by Gasteiger charge is 2.34. The third-order valence-electron chi connectivity index (χ3n) is 4.30. The molecule has 0 spiro atoms. The van der Waals surface area contributed by atoms with Gasteiger partial charge in [-0.2, -0.15) is 0 Å². The molecule has 2 aromatic carbocycles. The van der Waals surface area contributed by atoms with Crippen LogP contribution in [0, 0.1) is 0 Å². The van der Waals surface area contributed by atoms with Crippen LogP contribution in [-0.4, -0.2) is 34.9 Å². The number of carbonyl (C=O) groups is 3. The van der Waals surface area contributed by atoms with E-state index < -0.39 is 0 Å². The van der Waals surface area contributed by atoms with Crippen LogP contribution in [0.2, 0.25) is 0 Å².